The first kappa shape index (κ1) is 34.6. The molecule has 258 valence electrons. The average molecular weight is 696 g/mol. The maximum absolute atomic E-state index is 13.3. The SMILES string of the molecule is CC1=NCC(=O)O1.COC1/C=C/CC(C)C(C)S(=O)NC(=O)c2ccc3c(c2)N(CC2CCC21)C[C@@]1(CCCc2cc(Cl)ccc21)CO3. The topological polar surface area (TPSA) is 107 Å². The molecule has 0 saturated heterocycles. The molecular formula is C37H46ClN3O6S. The van der Waals surface area contributed by atoms with Crippen molar-refractivity contribution in [3.8, 4) is 5.75 Å². The van der Waals surface area contributed by atoms with Crippen molar-refractivity contribution in [1.29, 1.82) is 0 Å². The van der Waals surface area contributed by atoms with Gasteiger partial charge in [-0.3, -0.25) is 9.52 Å². The average Bonchev–Trinajstić information content (AvgIpc) is 3.37. The molecule has 3 aliphatic heterocycles. The minimum atomic E-state index is -1.50. The third-order valence-electron chi connectivity index (χ3n) is 10.8. The van der Waals surface area contributed by atoms with Gasteiger partial charge in [0.15, 0.2) is 5.90 Å². The van der Waals surface area contributed by atoms with Crippen LogP contribution in [0.2, 0.25) is 5.02 Å². The number of benzene rings is 2. The Bertz CT molecular complexity index is 1630. The molecule has 6 unspecified atom stereocenters. The van der Waals surface area contributed by atoms with Crippen LogP contribution >= 0.6 is 11.6 Å². The van der Waals surface area contributed by atoms with E-state index >= 15 is 0 Å². The lowest BCUT2D eigenvalue weighted by atomic mass is 9.68. The summed E-state index contributed by atoms with van der Waals surface area (Å²) in [6.07, 6.45) is 10.6. The molecule has 1 amide bonds. The van der Waals surface area contributed by atoms with E-state index in [9.17, 15) is 13.8 Å². The Morgan fingerprint density at radius 1 is 1.15 bits per heavy atom. The molecule has 1 N–H and O–H groups in total. The van der Waals surface area contributed by atoms with Gasteiger partial charge in [-0.05, 0) is 105 Å². The van der Waals surface area contributed by atoms with E-state index in [-0.39, 0.29) is 41.1 Å². The zero-order chi connectivity index (χ0) is 34.0. The van der Waals surface area contributed by atoms with Gasteiger partial charge in [0.25, 0.3) is 5.91 Å². The number of amides is 1. The summed E-state index contributed by atoms with van der Waals surface area (Å²) in [6, 6.07) is 12.0. The van der Waals surface area contributed by atoms with Gasteiger partial charge in [-0.15, -0.1) is 0 Å². The third kappa shape index (κ3) is 7.36. The van der Waals surface area contributed by atoms with Crippen LogP contribution < -0.4 is 14.4 Å². The van der Waals surface area contributed by atoms with Crippen LogP contribution in [0.25, 0.3) is 0 Å². The van der Waals surface area contributed by atoms with Crippen molar-refractivity contribution < 1.29 is 28.0 Å². The first-order valence-electron chi connectivity index (χ1n) is 17.0. The molecule has 1 saturated carbocycles. The van der Waals surface area contributed by atoms with Gasteiger partial charge in [-0.25, -0.2) is 14.0 Å². The van der Waals surface area contributed by atoms with E-state index in [1.807, 2.05) is 25.1 Å². The number of rotatable bonds is 1. The first-order chi connectivity index (χ1) is 23.1. The minimum absolute atomic E-state index is 0.0508. The summed E-state index contributed by atoms with van der Waals surface area (Å²) in [7, 11) is 0.305. The number of aliphatic imine (C=N–C) groups is 1. The zero-order valence-electron chi connectivity index (χ0n) is 28.2. The largest absolute Gasteiger partial charge is 0.490 e. The number of ether oxygens (including phenoxy) is 3. The normalized spacial score (nSPS) is 32.1. The second-order valence-corrected chi connectivity index (χ2v) is 15.9. The second-order valence-electron chi connectivity index (χ2n) is 13.9. The molecule has 7 rings (SSSR count). The molecule has 11 heteroatoms. The zero-order valence-corrected chi connectivity index (χ0v) is 29.8. The molecule has 7 atom stereocenters. The monoisotopic (exact) mass is 695 g/mol. The molecule has 1 spiro atoms. The van der Waals surface area contributed by atoms with Crippen molar-refractivity contribution in [2.45, 2.75) is 76.1 Å². The van der Waals surface area contributed by atoms with E-state index in [0.717, 1.165) is 68.1 Å². The van der Waals surface area contributed by atoms with Crippen LogP contribution in [0.1, 0.15) is 74.4 Å². The first-order valence-corrected chi connectivity index (χ1v) is 18.6. The Kier molecular flexibility index (Phi) is 10.6. The quantitative estimate of drug-likeness (QED) is 0.280. The van der Waals surface area contributed by atoms with Crippen LogP contribution in [0.3, 0.4) is 0 Å². The number of carbonyl (C=O) groups is 2. The van der Waals surface area contributed by atoms with Crippen molar-refractivity contribution in [2.75, 3.05) is 38.3 Å². The van der Waals surface area contributed by atoms with Crippen molar-refractivity contribution in [1.82, 2.24) is 4.72 Å². The molecule has 9 nitrogen and oxygen atoms in total. The summed E-state index contributed by atoms with van der Waals surface area (Å²) in [6.45, 7) is 8.13. The Labute approximate surface area is 291 Å². The van der Waals surface area contributed by atoms with E-state index in [4.69, 9.17) is 21.1 Å². The Morgan fingerprint density at radius 3 is 2.67 bits per heavy atom. The fourth-order valence-corrected chi connectivity index (χ4v) is 8.88. The predicted molar refractivity (Wildman–Crippen MR) is 189 cm³/mol. The number of esters is 1. The van der Waals surface area contributed by atoms with E-state index in [2.05, 4.69) is 50.6 Å². The molecule has 5 aliphatic rings. The highest BCUT2D eigenvalue weighted by molar-refractivity contribution is 7.84. The van der Waals surface area contributed by atoms with Crippen LogP contribution in [-0.4, -0.2) is 66.7 Å². The molecule has 48 heavy (non-hydrogen) atoms. The van der Waals surface area contributed by atoms with E-state index in [1.165, 1.54) is 11.1 Å². The number of nitrogens with one attached hydrogen (secondary N) is 1. The summed E-state index contributed by atoms with van der Waals surface area (Å²) in [4.78, 5) is 29.6. The predicted octanol–water partition coefficient (Wildman–Crippen LogP) is 6.19. The number of methoxy groups -OCH3 is 1. The molecule has 2 bridgehead atoms. The van der Waals surface area contributed by atoms with Crippen LogP contribution in [0.4, 0.5) is 5.69 Å². The summed E-state index contributed by atoms with van der Waals surface area (Å²) in [5, 5.41) is 0.589. The highest BCUT2D eigenvalue weighted by atomic mass is 35.5. The van der Waals surface area contributed by atoms with Gasteiger partial charge in [-0.2, -0.15) is 0 Å². The molecular weight excluding hydrogens is 650 g/mol. The maximum Gasteiger partial charge on any atom is 0.334 e. The van der Waals surface area contributed by atoms with Gasteiger partial charge >= 0.3 is 5.97 Å². The van der Waals surface area contributed by atoms with Gasteiger partial charge < -0.3 is 19.1 Å². The van der Waals surface area contributed by atoms with E-state index in [1.54, 1.807) is 20.1 Å². The van der Waals surface area contributed by atoms with Crippen LogP contribution in [0, 0.1) is 17.8 Å². The highest BCUT2D eigenvalue weighted by Crippen LogP contribution is 2.47. The molecule has 0 radical (unpaired) electrons. The number of carbonyl (C=O) groups excluding carboxylic acids is 2. The second kappa shape index (κ2) is 14.7. The molecule has 1 fully saturated rings. The summed E-state index contributed by atoms with van der Waals surface area (Å²) in [5.41, 5.74) is 3.90. The number of halogens is 1. The van der Waals surface area contributed by atoms with Crippen LogP contribution in [0.5, 0.6) is 5.75 Å². The number of cyclic esters (lactones) is 1. The third-order valence-corrected chi connectivity index (χ3v) is 12.5. The van der Waals surface area contributed by atoms with E-state index in [0.29, 0.717) is 29.9 Å². The standard InChI is InChI=1S/C33H41ClN2O4S.C4H5NO2/c1-21-6-4-8-30(39-3)27-12-9-25(27)18-36-19-33(15-5-7-23-16-26(34)11-13-28(23)33)20-40-31-14-10-24(17-29(31)36)32(37)35-41(38)22(21)2;1-3-5-2-4(6)7-3/h4,8,10-11,13-14,16-17,21-22,25,27,30H,5-7,9,12,15,18-20H2,1-3H3,(H,35,37);2H2,1H3/b8-4+;/t21?,22?,25?,27?,30?,33-,41?;/m0./s1. The van der Waals surface area contributed by atoms with Crippen molar-refractivity contribution >= 4 is 46.0 Å². The summed E-state index contributed by atoms with van der Waals surface area (Å²) in [5.74, 6) is 1.75. The van der Waals surface area contributed by atoms with Gasteiger partial charge in [0.2, 0.25) is 0 Å². The minimum Gasteiger partial charge on any atom is -0.490 e. The van der Waals surface area contributed by atoms with Crippen molar-refractivity contribution in [3.05, 3.63) is 70.3 Å². The van der Waals surface area contributed by atoms with Crippen LogP contribution in [0.15, 0.2) is 53.5 Å². The number of hydrogen-bond acceptors (Lipinski definition) is 8. The Morgan fingerprint density at radius 2 is 1.98 bits per heavy atom. The number of hydrogen-bond donors (Lipinski definition) is 1. The molecule has 2 aliphatic carbocycles. The van der Waals surface area contributed by atoms with E-state index < -0.39 is 11.0 Å². The number of anilines is 1. The highest BCUT2D eigenvalue weighted by Gasteiger charge is 2.44. The van der Waals surface area contributed by atoms with Gasteiger partial charge in [-0.1, -0.05) is 36.7 Å². The number of aryl methyl sites for hydroxylation is 1. The fraction of sp³-hybridized carbons (Fsp3) is 0.541. The molecule has 2 aromatic rings. The lowest BCUT2D eigenvalue weighted by Crippen LogP contribution is -2.49. The molecule has 3 heterocycles. The molecule has 0 aromatic heterocycles. The fourth-order valence-electron chi connectivity index (χ4n) is 7.67. The lowest BCUT2D eigenvalue weighted by Gasteiger charge is -2.46. The number of nitrogens with zero attached hydrogens (tertiary/aromatic N) is 2. The lowest BCUT2D eigenvalue weighted by molar-refractivity contribution is -0.132. The van der Waals surface area contributed by atoms with Gasteiger partial charge in [0.05, 0.1) is 23.6 Å². The van der Waals surface area contributed by atoms with Crippen molar-refractivity contribution in [2.24, 2.45) is 22.7 Å². The van der Waals surface area contributed by atoms with Gasteiger partial charge in [0, 0.05) is 43.1 Å². The number of fused-ring (bicyclic) bond motifs is 4. The maximum atomic E-state index is 13.3. The van der Waals surface area contributed by atoms with Crippen molar-refractivity contribution in [3.63, 3.8) is 0 Å². The molecule has 2 aromatic carbocycles. The van der Waals surface area contributed by atoms with Crippen LogP contribution in [-0.2, 0) is 37.1 Å². The Balaban J connectivity index is 0.000000510. The smallest absolute Gasteiger partial charge is 0.334 e. The summed E-state index contributed by atoms with van der Waals surface area (Å²) >= 11 is 6.41. The van der Waals surface area contributed by atoms with Gasteiger partial charge in [0.1, 0.15) is 23.3 Å². The number of allylic oxidation sites excluding steroid dienone is 1. The summed E-state index contributed by atoms with van der Waals surface area (Å²) < 4.78 is 33.0. The Hall–Kier alpha value is -3.21.